The second-order valence-electron chi connectivity index (χ2n) is 5.94. The van der Waals surface area contributed by atoms with Gasteiger partial charge < -0.3 is 14.2 Å². The number of cyclic esters (lactones) is 1. The number of hydrogen-bond donors (Lipinski definition) is 0. The van der Waals surface area contributed by atoms with Crippen LogP contribution in [0.1, 0.15) is 31.4 Å². The molecule has 1 aliphatic rings. The molecule has 2 aromatic rings. The third-order valence-corrected chi connectivity index (χ3v) is 4.61. The van der Waals surface area contributed by atoms with Gasteiger partial charge in [0.05, 0.1) is 11.6 Å². The molecular formula is C21H17BrClNO5. The summed E-state index contributed by atoms with van der Waals surface area (Å²) in [6.45, 7) is 3.83. The Morgan fingerprint density at radius 3 is 2.76 bits per heavy atom. The fourth-order valence-electron chi connectivity index (χ4n) is 2.53. The van der Waals surface area contributed by atoms with Gasteiger partial charge in [-0.25, -0.2) is 9.79 Å². The summed E-state index contributed by atoms with van der Waals surface area (Å²) in [5.41, 5.74) is 1.35. The molecule has 0 spiro atoms. The Hall–Kier alpha value is -2.64. The summed E-state index contributed by atoms with van der Waals surface area (Å²) in [6.07, 6.45) is 1.74. The number of nitrogens with zero attached hydrogens (tertiary/aromatic N) is 1. The SMILES string of the molecule is CCOc1cc(/C=C2\N=C(c3cccc(Br)c3)OC2=O)cc(Cl)c1OC(=O)CC. The Labute approximate surface area is 181 Å². The van der Waals surface area contributed by atoms with E-state index in [0.717, 1.165) is 4.47 Å². The van der Waals surface area contributed by atoms with Gasteiger partial charge in [0.15, 0.2) is 17.2 Å². The highest BCUT2D eigenvalue weighted by Gasteiger charge is 2.25. The summed E-state index contributed by atoms with van der Waals surface area (Å²) >= 11 is 9.67. The fraction of sp³-hybridized carbons (Fsp3) is 0.190. The average molecular weight is 479 g/mol. The zero-order valence-electron chi connectivity index (χ0n) is 15.7. The molecule has 0 aromatic heterocycles. The van der Waals surface area contributed by atoms with E-state index in [1.54, 1.807) is 38.1 Å². The quantitative estimate of drug-likeness (QED) is 0.326. The molecule has 0 atom stereocenters. The normalized spacial score (nSPS) is 14.6. The van der Waals surface area contributed by atoms with Crippen LogP contribution in [0.2, 0.25) is 5.02 Å². The lowest BCUT2D eigenvalue weighted by molar-refractivity contribution is -0.134. The molecule has 0 saturated carbocycles. The first kappa shape index (κ1) is 21.1. The summed E-state index contributed by atoms with van der Waals surface area (Å²) in [5.74, 6) is -0.338. The van der Waals surface area contributed by atoms with Gasteiger partial charge in [-0.15, -0.1) is 0 Å². The van der Waals surface area contributed by atoms with Crippen LogP contribution in [0.5, 0.6) is 11.5 Å². The van der Waals surface area contributed by atoms with Crippen molar-refractivity contribution in [3.63, 3.8) is 0 Å². The molecule has 0 N–H and O–H groups in total. The van der Waals surface area contributed by atoms with Gasteiger partial charge in [0.1, 0.15) is 0 Å². The highest BCUT2D eigenvalue weighted by atomic mass is 79.9. The second kappa shape index (κ2) is 9.24. The van der Waals surface area contributed by atoms with Gasteiger partial charge in [-0.3, -0.25) is 4.79 Å². The zero-order valence-corrected chi connectivity index (χ0v) is 18.0. The number of esters is 2. The lowest BCUT2D eigenvalue weighted by atomic mass is 10.1. The van der Waals surface area contributed by atoms with Crippen LogP contribution in [-0.2, 0) is 14.3 Å². The maximum absolute atomic E-state index is 12.2. The van der Waals surface area contributed by atoms with E-state index in [-0.39, 0.29) is 28.8 Å². The number of carbonyl (C=O) groups is 2. The lowest BCUT2D eigenvalue weighted by Crippen LogP contribution is -2.08. The molecular weight excluding hydrogens is 462 g/mol. The van der Waals surface area contributed by atoms with Gasteiger partial charge in [-0.05, 0) is 48.9 Å². The molecule has 150 valence electrons. The van der Waals surface area contributed by atoms with E-state index in [9.17, 15) is 9.59 Å². The van der Waals surface area contributed by atoms with Crippen LogP contribution in [0.4, 0.5) is 0 Å². The van der Waals surface area contributed by atoms with Crippen molar-refractivity contribution in [2.24, 2.45) is 4.99 Å². The molecule has 0 bridgehead atoms. The molecule has 2 aromatic carbocycles. The fourth-order valence-corrected chi connectivity index (χ4v) is 3.19. The molecule has 0 radical (unpaired) electrons. The van der Waals surface area contributed by atoms with Crippen molar-refractivity contribution in [2.75, 3.05) is 6.61 Å². The van der Waals surface area contributed by atoms with Crippen molar-refractivity contribution in [3.05, 3.63) is 62.7 Å². The van der Waals surface area contributed by atoms with Crippen LogP contribution in [0, 0.1) is 0 Å². The molecule has 29 heavy (non-hydrogen) atoms. The van der Waals surface area contributed by atoms with Crippen LogP contribution in [0.15, 0.2) is 51.6 Å². The molecule has 0 saturated heterocycles. The van der Waals surface area contributed by atoms with Crippen molar-refractivity contribution in [2.45, 2.75) is 20.3 Å². The van der Waals surface area contributed by atoms with E-state index in [1.807, 2.05) is 12.1 Å². The predicted octanol–water partition coefficient (Wildman–Crippen LogP) is 5.16. The monoisotopic (exact) mass is 477 g/mol. The molecule has 0 unspecified atom stereocenters. The molecule has 6 nitrogen and oxygen atoms in total. The first-order valence-electron chi connectivity index (χ1n) is 8.86. The molecule has 3 rings (SSSR count). The first-order valence-corrected chi connectivity index (χ1v) is 10.0. The van der Waals surface area contributed by atoms with Gasteiger partial charge in [-0.2, -0.15) is 0 Å². The third-order valence-electron chi connectivity index (χ3n) is 3.83. The number of aliphatic imine (C=N–C) groups is 1. The zero-order chi connectivity index (χ0) is 21.0. The van der Waals surface area contributed by atoms with Crippen LogP contribution >= 0.6 is 27.5 Å². The van der Waals surface area contributed by atoms with E-state index in [0.29, 0.717) is 23.5 Å². The number of halogens is 2. The molecule has 1 aliphatic heterocycles. The van der Waals surface area contributed by atoms with Gasteiger partial charge in [0.25, 0.3) is 0 Å². The number of benzene rings is 2. The summed E-state index contributed by atoms with van der Waals surface area (Å²) in [7, 11) is 0. The molecule has 1 heterocycles. The minimum absolute atomic E-state index is 0.122. The topological polar surface area (TPSA) is 74.2 Å². The number of carbonyl (C=O) groups excluding carboxylic acids is 2. The molecule has 8 heteroatoms. The van der Waals surface area contributed by atoms with E-state index < -0.39 is 11.9 Å². The van der Waals surface area contributed by atoms with Crippen LogP contribution in [-0.4, -0.2) is 24.4 Å². The summed E-state index contributed by atoms with van der Waals surface area (Å²) < 4.78 is 16.9. The average Bonchev–Trinajstić information content (AvgIpc) is 3.05. The van der Waals surface area contributed by atoms with Crippen molar-refractivity contribution in [1.82, 2.24) is 0 Å². The van der Waals surface area contributed by atoms with E-state index in [4.69, 9.17) is 25.8 Å². The highest BCUT2D eigenvalue weighted by molar-refractivity contribution is 9.10. The van der Waals surface area contributed by atoms with Crippen molar-refractivity contribution < 1.29 is 23.8 Å². The Balaban J connectivity index is 1.96. The third kappa shape index (κ3) is 5.05. The Kier molecular flexibility index (Phi) is 6.71. The Morgan fingerprint density at radius 2 is 2.07 bits per heavy atom. The number of rotatable bonds is 6. The molecule has 0 amide bonds. The lowest BCUT2D eigenvalue weighted by Gasteiger charge is -2.13. The van der Waals surface area contributed by atoms with Crippen molar-refractivity contribution >= 4 is 51.4 Å². The van der Waals surface area contributed by atoms with E-state index >= 15 is 0 Å². The first-order chi connectivity index (χ1) is 13.9. The molecule has 0 fully saturated rings. The predicted molar refractivity (Wildman–Crippen MR) is 113 cm³/mol. The van der Waals surface area contributed by atoms with Crippen LogP contribution in [0.3, 0.4) is 0 Å². The Bertz CT molecular complexity index is 1030. The highest BCUT2D eigenvalue weighted by Crippen LogP contribution is 2.38. The van der Waals surface area contributed by atoms with E-state index in [2.05, 4.69) is 20.9 Å². The molecule has 0 aliphatic carbocycles. The smallest absolute Gasteiger partial charge is 0.363 e. The number of hydrogen-bond acceptors (Lipinski definition) is 6. The number of ether oxygens (including phenoxy) is 3. The standard InChI is InChI=1S/C21H17BrClNO5/c1-3-18(25)28-19-15(23)8-12(10-17(19)27-4-2)9-16-21(26)29-20(24-16)13-6-5-7-14(22)11-13/h5-11H,3-4H2,1-2H3/b16-9-. The van der Waals surface area contributed by atoms with Crippen LogP contribution < -0.4 is 9.47 Å². The van der Waals surface area contributed by atoms with Gasteiger partial charge in [-0.1, -0.05) is 40.5 Å². The Morgan fingerprint density at radius 1 is 1.28 bits per heavy atom. The van der Waals surface area contributed by atoms with Gasteiger partial charge >= 0.3 is 11.9 Å². The van der Waals surface area contributed by atoms with Crippen LogP contribution in [0.25, 0.3) is 6.08 Å². The maximum Gasteiger partial charge on any atom is 0.363 e. The van der Waals surface area contributed by atoms with E-state index in [1.165, 1.54) is 6.08 Å². The van der Waals surface area contributed by atoms with Crippen molar-refractivity contribution in [1.29, 1.82) is 0 Å². The second-order valence-corrected chi connectivity index (χ2v) is 7.26. The van der Waals surface area contributed by atoms with Gasteiger partial charge in [0, 0.05) is 16.5 Å². The minimum atomic E-state index is -0.574. The minimum Gasteiger partial charge on any atom is -0.490 e. The summed E-state index contributed by atoms with van der Waals surface area (Å²) in [6, 6.07) is 10.5. The maximum atomic E-state index is 12.2. The van der Waals surface area contributed by atoms with Crippen molar-refractivity contribution in [3.8, 4) is 11.5 Å². The summed E-state index contributed by atoms with van der Waals surface area (Å²) in [4.78, 5) is 28.2. The largest absolute Gasteiger partial charge is 0.490 e. The summed E-state index contributed by atoms with van der Waals surface area (Å²) in [5, 5.41) is 0.187. The van der Waals surface area contributed by atoms with Gasteiger partial charge in [0.2, 0.25) is 5.90 Å².